The second kappa shape index (κ2) is 10.5. The Balaban J connectivity index is 1.21. The van der Waals surface area contributed by atoms with Crippen LogP contribution in [0, 0.1) is 34.5 Å². The molecule has 0 amide bonds. The van der Waals surface area contributed by atoms with Gasteiger partial charge >= 0.3 is 0 Å². The van der Waals surface area contributed by atoms with Gasteiger partial charge in [-0.2, -0.15) is 0 Å². The average molecular weight is 541 g/mol. The number of allylic oxidation sites excluding steroid dienone is 1. The molecule has 0 bridgehead atoms. The number of sulfone groups is 1. The minimum Gasteiger partial charge on any atom is -0.390 e. The maximum atomic E-state index is 12.5. The summed E-state index contributed by atoms with van der Waals surface area (Å²) < 4.78 is 25.1. The highest BCUT2D eigenvalue weighted by molar-refractivity contribution is 7.91. The van der Waals surface area contributed by atoms with Gasteiger partial charge in [-0.1, -0.05) is 63.3 Å². The van der Waals surface area contributed by atoms with Crippen molar-refractivity contribution in [3.8, 4) is 0 Å². The highest BCUT2D eigenvalue weighted by Crippen LogP contribution is 2.69. The van der Waals surface area contributed by atoms with Crippen molar-refractivity contribution >= 4 is 15.6 Å². The van der Waals surface area contributed by atoms with Crippen LogP contribution in [-0.4, -0.2) is 30.7 Å². The number of hydrogen-bond acceptors (Lipinski definition) is 4. The topological polar surface area (TPSA) is 71.4 Å². The van der Waals surface area contributed by atoms with Gasteiger partial charge in [0.1, 0.15) is 0 Å². The van der Waals surface area contributed by atoms with Crippen molar-refractivity contribution in [2.24, 2.45) is 34.5 Å². The van der Waals surface area contributed by atoms with Crippen molar-refractivity contribution in [3.05, 3.63) is 42.0 Å². The predicted octanol–water partition coefficient (Wildman–Crippen LogP) is 7.31. The van der Waals surface area contributed by atoms with Gasteiger partial charge in [-0.15, -0.1) is 0 Å². The third-order valence-corrected chi connectivity index (χ3v) is 13.6. The van der Waals surface area contributed by atoms with Crippen LogP contribution in [0.15, 0.2) is 46.9 Å². The Labute approximate surface area is 230 Å². The van der Waals surface area contributed by atoms with Crippen molar-refractivity contribution in [1.29, 1.82) is 0 Å². The summed E-state index contributed by atoms with van der Waals surface area (Å²) in [4.78, 5) is 12.8. The Morgan fingerprint density at radius 3 is 2.34 bits per heavy atom. The van der Waals surface area contributed by atoms with Gasteiger partial charge in [0.15, 0.2) is 15.6 Å². The van der Waals surface area contributed by atoms with Gasteiger partial charge in [-0.25, -0.2) is 8.42 Å². The SMILES string of the molecule is C[C@]12CCC(=O)C=C1C[C@@H](CCCCCCCS(=O)(=O)c1ccccc1)[C@@H]1[C@@H]2CC[C@@]2(C)[C@H]1CC[C@]2(C)O. The van der Waals surface area contributed by atoms with E-state index in [4.69, 9.17) is 0 Å². The predicted molar refractivity (Wildman–Crippen MR) is 152 cm³/mol. The zero-order valence-electron chi connectivity index (χ0n) is 23.8. The van der Waals surface area contributed by atoms with Gasteiger partial charge in [0.2, 0.25) is 0 Å². The number of carbonyl (C=O) groups is 1. The molecule has 0 heterocycles. The van der Waals surface area contributed by atoms with Crippen LogP contribution >= 0.6 is 0 Å². The van der Waals surface area contributed by atoms with Crippen LogP contribution in [0.25, 0.3) is 0 Å². The summed E-state index contributed by atoms with van der Waals surface area (Å²) in [5.41, 5.74) is 0.986. The fourth-order valence-electron chi connectivity index (χ4n) is 9.22. The minimum absolute atomic E-state index is 0.00126. The first kappa shape index (κ1) is 28.1. The first-order valence-electron chi connectivity index (χ1n) is 15.2. The van der Waals surface area contributed by atoms with Gasteiger partial charge in [0.25, 0.3) is 0 Å². The molecule has 38 heavy (non-hydrogen) atoms. The van der Waals surface area contributed by atoms with E-state index in [-0.39, 0.29) is 16.6 Å². The number of benzene rings is 1. The zero-order valence-corrected chi connectivity index (χ0v) is 24.6. The molecule has 0 spiro atoms. The van der Waals surface area contributed by atoms with E-state index in [1.54, 1.807) is 24.3 Å². The van der Waals surface area contributed by atoms with Crippen LogP contribution in [0.4, 0.5) is 0 Å². The quantitative estimate of drug-likeness (QED) is 0.333. The first-order chi connectivity index (χ1) is 18.0. The van der Waals surface area contributed by atoms with Crippen molar-refractivity contribution in [1.82, 2.24) is 0 Å². The average Bonchev–Trinajstić information content (AvgIpc) is 3.13. The summed E-state index contributed by atoms with van der Waals surface area (Å²) in [7, 11) is -3.18. The van der Waals surface area contributed by atoms with Crippen LogP contribution < -0.4 is 0 Å². The zero-order chi connectivity index (χ0) is 27.2. The maximum Gasteiger partial charge on any atom is 0.178 e. The summed E-state index contributed by atoms with van der Waals surface area (Å²) in [6, 6.07) is 8.79. The van der Waals surface area contributed by atoms with Crippen LogP contribution in [0.1, 0.15) is 104 Å². The van der Waals surface area contributed by atoms with Gasteiger partial charge in [0, 0.05) is 6.42 Å². The van der Waals surface area contributed by atoms with Gasteiger partial charge in [0.05, 0.1) is 16.2 Å². The molecule has 4 nitrogen and oxygen atoms in total. The monoisotopic (exact) mass is 540 g/mol. The Hall–Kier alpha value is -1.46. The largest absolute Gasteiger partial charge is 0.390 e. The molecule has 210 valence electrons. The van der Waals surface area contributed by atoms with E-state index in [1.165, 1.54) is 18.4 Å². The van der Waals surface area contributed by atoms with Gasteiger partial charge in [-0.05, 0) is 111 Å². The van der Waals surface area contributed by atoms with E-state index in [0.717, 1.165) is 57.8 Å². The molecule has 3 fully saturated rings. The Bertz CT molecular complexity index is 1150. The minimum atomic E-state index is -3.18. The molecule has 4 aliphatic carbocycles. The van der Waals surface area contributed by atoms with Gasteiger partial charge in [-0.3, -0.25) is 4.79 Å². The van der Waals surface area contributed by atoms with E-state index in [1.807, 2.05) is 12.1 Å². The van der Waals surface area contributed by atoms with Crippen molar-refractivity contribution in [3.63, 3.8) is 0 Å². The third kappa shape index (κ3) is 4.96. The van der Waals surface area contributed by atoms with Crippen molar-refractivity contribution in [2.45, 2.75) is 115 Å². The highest BCUT2D eigenvalue weighted by atomic mass is 32.2. The number of hydrogen-bond donors (Lipinski definition) is 1. The molecule has 1 aromatic rings. The number of carbonyl (C=O) groups excluding carboxylic acids is 1. The molecule has 4 aliphatic rings. The second-order valence-electron chi connectivity index (χ2n) is 13.8. The lowest BCUT2D eigenvalue weighted by molar-refractivity contribution is -0.135. The third-order valence-electron chi connectivity index (χ3n) is 11.8. The fraction of sp³-hybridized carbons (Fsp3) is 0.727. The van der Waals surface area contributed by atoms with E-state index < -0.39 is 15.4 Å². The molecule has 0 aliphatic heterocycles. The highest BCUT2D eigenvalue weighted by Gasteiger charge is 2.64. The van der Waals surface area contributed by atoms with Crippen LogP contribution in [0.2, 0.25) is 0 Å². The van der Waals surface area contributed by atoms with E-state index in [0.29, 0.717) is 47.2 Å². The molecule has 7 atom stereocenters. The van der Waals surface area contributed by atoms with Crippen molar-refractivity contribution in [2.75, 3.05) is 5.75 Å². The first-order valence-corrected chi connectivity index (χ1v) is 16.9. The Morgan fingerprint density at radius 1 is 0.895 bits per heavy atom. The standard InChI is InChI=1S/C33H48O4S/c1-31-18-15-26(34)23-25(31)22-24(30-28(31)16-19-32(2)29(30)17-20-33(32,3)35)12-8-5-4-6-11-21-38(36,37)27-13-9-7-10-14-27/h7,9-10,13-14,23-24,28-30,35H,4-6,8,11-12,15-22H2,1-3H3/t24-,28+,29+,30-,31+,32+,33+/m1/s1. The molecule has 0 radical (unpaired) electrons. The summed E-state index contributed by atoms with van der Waals surface area (Å²) >= 11 is 0. The summed E-state index contributed by atoms with van der Waals surface area (Å²) in [6.07, 6.45) is 15.3. The summed E-state index contributed by atoms with van der Waals surface area (Å²) in [5.74, 6) is 2.95. The van der Waals surface area contributed by atoms with Crippen LogP contribution in [-0.2, 0) is 14.6 Å². The lowest BCUT2D eigenvalue weighted by atomic mass is 9.44. The smallest absolute Gasteiger partial charge is 0.178 e. The fourth-order valence-corrected chi connectivity index (χ4v) is 10.6. The Morgan fingerprint density at radius 2 is 1.58 bits per heavy atom. The molecule has 5 rings (SSSR count). The molecule has 0 saturated heterocycles. The molecule has 0 aromatic heterocycles. The number of fused-ring (bicyclic) bond motifs is 5. The van der Waals surface area contributed by atoms with Crippen LogP contribution in [0.5, 0.6) is 0 Å². The molecule has 1 aromatic carbocycles. The molecule has 5 heteroatoms. The van der Waals surface area contributed by atoms with E-state index >= 15 is 0 Å². The van der Waals surface area contributed by atoms with Crippen LogP contribution in [0.3, 0.4) is 0 Å². The molecule has 3 saturated carbocycles. The number of rotatable bonds is 9. The lowest BCUT2D eigenvalue weighted by Gasteiger charge is -2.61. The van der Waals surface area contributed by atoms with Crippen molar-refractivity contribution < 1.29 is 18.3 Å². The molecular formula is C33H48O4S. The summed E-state index contributed by atoms with van der Waals surface area (Å²) in [6.45, 7) is 6.88. The van der Waals surface area contributed by atoms with Gasteiger partial charge < -0.3 is 5.11 Å². The normalized spacial score (nSPS) is 38.7. The number of aliphatic hydroxyl groups is 1. The summed E-state index contributed by atoms with van der Waals surface area (Å²) in [5, 5.41) is 11.4. The number of unbranched alkanes of at least 4 members (excludes halogenated alkanes) is 4. The van der Waals surface area contributed by atoms with E-state index in [2.05, 4.69) is 20.8 Å². The number of ketones is 1. The molecule has 0 unspecified atom stereocenters. The lowest BCUT2D eigenvalue weighted by Crippen LogP contribution is -2.56. The molecular weight excluding hydrogens is 492 g/mol. The molecule has 1 N–H and O–H groups in total. The second-order valence-corrected chi connectivity index (χ2v) is 15.9. The Kier molecular flexibility index (Phi) is 7.76. The maximum absolute atomic E-state index is 12.5. The van der Waals surface area contributed by atoms with E-state index in [9.17, 15) is 18.3 Å².